The van der Waals surface area contributed by atoms with E-state index in [1.54, 1.807) is 48.5 Å². The van der Waals surface area contributed by atoms with E-state index in [1.807, 2.05) is 0 Å². The highest BCUT2D eigenvalue weighted by atomic mass is 16.5. The number of carbonyl (C=O) groups excluding carboxylic acids is 3. The van der Waals surface area contributed by atoms with Gasteiger partial charge in [-0.05, 0) is 35.9 Å². The number of nitriles is 1. The number of anilines is 1. The molecule has 1 aromatic heterocycles. The monoisotopic (exact) mass is 349 g/mol. The van der Waals surface area contributed by atoms with Crippen LogP contribution in [-0.2, 0) is 14.3 Å². The van der Waals surface area contributed by atoms with Gasteiger partial charge in [0.05, 0.1) is 18.7 Å². The van der Waals surface area contributed by atoms with Crippen molar-refractivity contribution in [2.75, 3.05) is 12.4 Å². The number of nitrogens with zero attached hydrogens (tertiary/aromatic N) is 2. The van der Waals surface area contributed by atoms with Gasteiger partial charge in [0.2, 0.25) is 0 Å². The Hall–Kier alpha value is -3.79. The van der Waals surface area contributed by atoms with Gasteiger partial charge in [-0.1, -0.05) is 24.3 Å². The molecule has 0 aliphatic carbocycles. The molecule has 7 heteroatoms. The minimum Gasteiger partial charge on any atom is -0.465 e. The normalized spacial score (nSPS) is 11.4. The minimum atomic E-state index is -1.48. The van der Waals surface area contributed by atoms with E-state index in [1.165, 1.54) is 19.4 Å². The van der Waals surface area contributed by atoms with Gasteiger partial charge in [-0.25, -0.2) is 9.78 Å². The highest BCUT2D eigenvalue weighted by molar-refractivity contribution is 6.14. The molecule has 1 atom stereocenters. The van der Waals surface area contributed by atoms with Gasteiger partial charge >= 0.3 is 5.97 Å². The number of carbonyl (C=O) groups is 3. The number of esters is 1. The number of aromatic nitrogens is 1. The van der Waals surface area contributed by atoms with Crippen molar-refractivity contribution in [3.8, 4) is 6.07 Å². The molecule has 0 bridgehead atoms. The first-order chi connectivity index (χ1) is 12.5. The fourth-order valence-corrected chi connectivity index (χ4v) is 2.01. The number of allylic oxidation sites excluding steroid dienone is 1. The van der Waals surface area contributed by atoms with Crippen LogP contribution >= 0.6 is 0 Å². The summed E-state index contributed by atoms with van der Waals surface area (Å²) >= 11 is 0. The summed E-state index contributed by atoms with van der Waals surface area (Å²) in [6, 6.07) is 12.9. The van der Waals surface area contributed by atoms with E-state index in [0.717, 1.165) is 6.08 Å². The summed E-state index contributed by atoms with van der Waals surface area (Å²) in [4.78, 5) is 39.5. The molecule has 1 aromatic carbocycles. The van der Waals surface area contributed by atoms with Gasteiger partial charge in [-0.15, -0.1) is 0 Å². The molecule has 0 spiro atoms. The molecule has 2 aromatic rings. The molecule has 1 amide bonds. The van der Waals surface area contributed by atoms with Crippen molar-refractivity contribution in [3.63, 3.8) is 0 Å². The van der Waals surface area contributed by atoms with Gasteiger partial charge in [0.25, 0.3) is 5.91 Å². The van der Waals surface area contributed by atoms with Crippen LogP contribution in [0.5, 0.6) is 0 Å². The van der Waals surface area contributed by atoms with Crippen molar-refractivity contribution in [1.29, 1.82) is 5.26 Å². The molecule has 7 nitrogen and oxygen atoms in total. The molecule has 0 unspecified atom stereocenters. The molecule has 0 saturated carbocycles. The summed E-state index contributed by atoms with van der Waals surface area (Å²) in [5, 5.41) is 11.5. The number of pyridine rings is 1. The Morgan fingerprint density at radius 2 is 1.92 bits per heavy atom. The van der Waals surface area contributed by atoms with Gasteiger partial charge in [0, 0.05) is 6.20 Å². The summed E-state index contributed by atoms with van der Waals surface area (Å²) in [5.74, 6) is -3.09. The van der Waals surface area contributed by atoms with Gasteiger partial charge in [-0.2, -0.15) is 5.26 Å². The maximum Gasteiger partial charge on any atom is 0.337 e. The topological polar surface area (TPSA) is 109 Å². The second kappa shape index (κ2) is 8.89. The number of methoxy groups -OCH3 is 1. The zero-order chi connectivity index (χ0) is 18.9. The average molecular weight is 349 g/mol. The molecule has 130 valence electrons. The molecule has 0 radical (unpaired) electrons. The number of hydrogen-bond donors (Lipinski definition) is 1. The molecular formula is C19H15N3O4. The van der Waals surface area contributed by atoms with E-state index in [4.69, 9.17) is 5.26 Å². The summed E-state index contributed by atoms with van der Waals surface area (Å²) in [6.45, 7) is 0. The largest absolute Gasteiger partial charge is 0.465 e. The quantitative estimate of drug-likeness (QED) is 0.486. The van der Waals surface area contributed by atoms with Gasteiger partial charge < -0.3 is 10.1 Å². The van der Waals surface area contributed by atoms with Crippen LogP contribution in [0.1, 0.15) is 15.9 Å². The van der Waals surface area contributed by atoms with E-state index in [9.17, 15) is 14.4 Å². The molecule has 0 saturated heterocycles. The van der Waals surface area contributed by atoms with Crippen molar-refractivity contribution in [3.05, 3.63) is 65.9 Å². The van der Waals surface area contributed by atoms with Crippen LogP contribution in [0.2, 0.25) is 0 Å². The maximum absolute atomic E-state index is 12.1. The minimum absolute atomic E-state index is 0.257. The average Bonchev–Trinajstić information content (AvgIpc) is 2.67. The summed E-state index contributed by atoms with van der Waals surface area (Å²) in [6.07, 6.45) is 4.09. The van der Waals surface area contributed by atoms with Crippen molar-refractivity contribution in [1.82, 2.24) is 4.98 Å². The lowest BCUT2D eigenvalue weighted by Crippen LogP contribution is -2.27. The lowest BCUT2D eigenvalue weighted by Gasteiger charge is -2.06. The van der Waals surface area contributed by atoms with E-state index < -0.39 is 23.6 Å². The van der Waals surface area contributed by atoms with Crippen LogP contribution in [0.25, 0.3) is 6.08 Å². The molecule has 0 fully saturated rings. The molecule has 1 N–H and O–H groups in total. The molecule has 2 rings (SSSR count). The molecule has 1 heterocycles. The Kier molecular flexibility index (Phi) is 6.34. The molecule has 0 aliphatic heterocycles. The van der Waals surface area contributed by atoms with Crippen LogP contribution in [0, 0.1) is 17.2 Å². The Morgan fingerprint density at radius 3 is 2.50 bits per heavy atom. The van der Waals surface area contributed by atoms with E-state index in [-0.39, 0.29) is 5.82 Å². The predicted molar refractivity (Wildman–Crippen MR) is 93.8 cm³/mol. The Labute approximate surface area is 149 Å². The third-order valence-corrected chi connectivity index (χ3v) is 3.36. The Bertz CT molecular complexity index is 868. The van der Waals surface area contributed by atoms with Crippen LogP contribution < -0.4 is 5.32 Å². The van der Waals surface area contributed by atoms with Crippen LogP contribution in [0.3, 0.4) is 0 Å². The first kappa shape index (κ1) is 18.5. The van der Waals surface area contributed by atoms with E-state index in [2.05, 4.69) is 15.0 Å². The molecular weight excluding hydrogens is 334 g/mol. The first-order valence-electron chi connectivity index (χ1n) is 7.57. The second-order valence-corrected chi connectivity index (χ2v) is 5.12. The van der Waals surface area contributed by atoms with Crippen molar-refractivity contribution >= 4 is 29.6 Å². The zero-order valence-electron chi connectivity index (χ0n) is 13.9. The number of ether oxygens (including phenoxy) is 1. The summed E-state index contributed by atoms with van der Waals surface area (Å²) in [5.41, 5.74) is 1.01. The third-order valence-electron chi connectivity index (χ3n) is 3.36. The first-order valence-corrected chi connectivity index (χ1v) is 7.57. The standard InChI is InChI=1S/C19H15N3O4/c1-26-19(25)14-8-5-13(6-9-14)7-10-16(23)15(12-20)18(24)22-17-4-2-3-11-21-17/h2-11,15H,1H3,(H,21,22,24)/b10-7+/t15-/m0/s1. The van der Waals surface area contributed by atoms with Crippen LogP contribution in [0.15, 0.2) is 54.7 Å². The Morgan fingerprint density at radius 1 is 1.19 bits per heavy atom. The van der Waals surface area contributed by atoms with E-state index >= 15 is 0 Å². The zero-order valence-corrected chi connectivity index (χ0v) is 13.9. The maximum atomic E-state index is 12.1. The summed E-state index contributed by atoms with van der Waals surface area (Å²) < 4.78 is 4.60. The van der Waals surface area contributed by atoms with Gasteiger partial charge in [0.15, 0.2) is 11.7 Å². The SMILES string of the molecule is COC(=O)c1ccc(/C=C/C(=O)[C@H](C#N)C(=O)Nc2ccccn2)cc1. The van der Waals surface area contributed by atoms with E-state index in [0.29, 0.717) is 11.1 Å². The third kappa shape index (κ3) is 4.85. The van der Waals surface area contributed by atoms with Crippen molar-refractivity contribution < 1.29 is 19.1 Å². The smallest absolute Gasteiger partial charge is 0.337 e. The summed E-state index contributed by atoms with van der Waals surface area (Å²) in [7, 11) is 1.28. The molecule has 0 aliphatic rings. The number of ketones is 1. The highest BCUT2D eigenvalue weighted by Crippen LogP contribution is 2.10. The number of rotatable bonds is 6. The lowest BCUT2D eigenvalue weighted by molar-refractivity contribution is -0.126. The fourth-order valence-electron chi connectivity index (χ4n) is 2.01. The highest BCUT2D eigenvalue weighted by Gasteiger charge is 2.24. The Balaban J connectivity index is 2.04. The molecule has 26 heavy (non-hydrogen) atoms. The van der Waals surface area contributed by atoms with Gasteiger partial charge in [0.1, 0.15) is 5.82 Å². The second-order valence-electron chi connectivity index (χ2n) is 5.12. The fraction of sp³-hybridized carbons (Fsp3) is 0.105. The number of amides is 1. The predicted octanol–water partition coefficient (Wildman–Crippen LogP) is 2.23. The van der Waals surface area contributed by atoms with Gasteiger partial charge in [-0.3, -0.25) is 9.59 Å². The number of nitrogens with one attached hydrogen (secondary N) is 1. The van der Waals surface area contributed by atoms with Crippen molar-refractivity contribution in [2.24, 2.45) is 5.92 Å². The lowest BCUT2D eigenvalue weighted by atomic mass is 10.0. The number of benzene rings is 1. The van der Waals surface area contributed by atoms with Crippen LogP contribution in [0.4, 0.5) is 5.82 Å². The number of hydrogen-bond acceptors (Lipinski definition) is 6. The van der Waals surface area contributed by atoms with Crippen molar-refractivity contribution in [2.45, 2.75) is 0 Å². The van der Waals surface area contributed by atoms with Crippen LogP contribution in [-0.4, -0.2) is 29.8 Å².